The maximum absolute atomic E-state index is 12.7. The van der Waals surface area contributed by atoms with E-state index >= 15 is 0 Å². The molecule has 0 aliphatic carbocycles. The van der Waals surface area contributed by atoms with Crippen LogP contribution in [0, 0.1) is 6.92 Å². The fourth-order valence-electron chi connectivity index (χ4n) is 2.70. The summed E-state index contributed by atoms with van der Waals surface area (Å²) in [6.07, 6.45) is 2.50. The fraction of sp³-hybridized carbons (Fsp3) is 0.200. The van der Waals surface area contributed by atoms with E-state index in [0.29, 0.717) is 12.1 Å². The minimum atomic E-state index is 0.00520. The summed E-state index contributed by atoms with van der Waals surface area (Å²) in [4.78, 5) is 14.5. The lowest BCUT2D eigenvalue weighted by atomic mass is 10.1. The van der Waals surface area contributed by atoms with Crippen molar-refractivity contribution in [2.45, 2.75) is 13.3 Å². The Balaban J connectivity index is 1.72. The largest absolute Gasteiger partial charge is 0.341 e. The third kappa shape index (κ3) is 3.38. The van der Waals surface area contributed by atoms with Crippen LogP contribution in [-0.2, 0) is 6.42 Å². The number of hydrogen-bond acceptors (Lipinski definition) is 2. The highest BCUT2D eigenvalue weighted by molar-refractivity contribution is 5.95. The molecule has 0 aliphatic rings. The standard InChI is InChI=1S/C20H21N3O/c1-16-19(15-21-23(16)18-11-7-4-8-12-18)20(24)22(2)14-13-17-9-5-3-6-10-17/h3-12,15H,13-14H2,1-2H3. The molecular weight excluding hydrogens is 298 g/mol. The van der Waals surface area contributed by atoms with Crippen molar-refractivity contribution in [3.05, 3.63) is 83.7 Å². The third-order valence-corrected chi connectivity index (χ3v) is 4.17. The normalized spacial score (nSPS) is 10.6. The lowest BCUT2D eigenvalue weighted by Gasteiger charge is -2.17. The van der Waals surface area contributed by atoms with Crippen molar-refractivity contribution in [1.29, 1.82) is 0 Å². The minimum absolute atomic E-state index is 0.00520. The first-order valence-electron chi connectivity index (χ1n) is 8.06. The van der Waals surface area contributed by atoms with E-state index in [9.17, 15) is 4.79 Å². The maximum atomic E-state index is 12.7. The molecule has 0 saturated heterocycles. The number of para-hydroxylation sites is 1. The van der Waals surface area contributed by atoms with Crippen LogP contribution >= 0.6 is 0 Å². The van der Waals surface area contributed by atoms with E-state index in [2.05, 4.69) is 17.2 Å². The Morgan fingerprint density at radius 3 is 2.33 bits per heavy atom. The summed E-state index contributed by atoms with van der Waals surface area (Å²) in [5.74, 6) is 0.00520. The molecule has 1 heterocycles. The summed E-state index contributed by atoms with van der Waals surface area (Å²) in [7, 11) is 1.84. The summed E-state index contributed by atoms with van der Waals surface area (Å²) in [5.41, 5.74) is 3.70. The van der Waals surface area contributed by atoms with Crippen LogP contribution in [-0.4, -0.2) is 34.2 Å². The van der Waals surface area contributed by atoms with Crippen LogP contribution in [0.3, 0.4) is 0 Å². The third-order valence-electron chi connectivity index (χ3n) is 4.17. The van der Waals surface area contributed by atoms with Crippen molar-refractivity contribution in [2.24, 2.45) is 0 Å². The summed E-state index contributed by atoms with van der Waals surface area (Å²) >= 11 is 0. The zero-order valence-electron chi connectivity index (χ0n) is 14.0. The van der Waals surface area contributed by atoms with E-state index in [0.717, 1.165) is 17.8 Å². The van der Waals surface area contributed by atoms with Gasteiger partial charge in [0, 0.05) is 13.6 Å². The second-order valence-corrected chi connectivity index (χ2v) is 5.85. The maximum Gasteiger partial charge on any atom is 0.257 e. The van der Waals surface area contributed by atoms with Crippen molar-refractivity contribution < 1.29 is 4.79 Å². The van der Waals surface area contributed by atoms with E-state index < -0.39 is 0 Å². The lowest BCUT2D eigenvalue weighted by Crippen LogP contribution is -2.29. The molecule has 0 atom stereocenters. The van der Waals surface area contributed by atoms with E-state index in [4.69, 9.17) is 0 Å². The molecule has 2 aromatic carbocycles. The van der Waals surface area contributed by atoms with Gasteiger partial charge in [-0.3, -0.25) is 4.79 Å². The molecule has 0 bridgehead atoms. The van der Waals surface area contributed by atoms with Crippen LogP contribution < -0.4 is 0 Å². The van der Waals surface area contributed by atoms with Gasteiger partial charge in [0.25, 0.3) is 5.91 Å². The van der Waals surface area contributed by atoms with Gasteiger partial charge >= 0.3 is 0 Å². The monoisotopic (exact) mass is 319 g/mol. The second kappa shape index (κ2) is 7.13. The second-order valence-electron chi connectivity index (χ2n) is 5.85. The average Bonchev–Trinajstić information content (AvgIpc) is 3.02. The van der Waals surface area contributed by atoms with Gasteiger partial charge in [0.2, 0.25) is 0 Å². The van der Waals surface area contributed by atoms with Crippen LogP contribution in [0.4, 0.5) is 0 Å². The molecule has 4 nitrogen and oxygen atoms in total. The number of carbonyl (C=O) groups excluding carboxylic acids is 1. The van der Waals surface area contributed by atoms with E-state index in [-0.39, 0.29) is 5.91 Å². The van der Waals surface area contributed by atoms with Gasteiger partial charge < -0.3 is 4.90 Å². The number of amides is 1. The number of hydrogen-bond donors (Lipinski definition) is 0. The topological polar surface area (TPSA) is 38.1 Å². The van der Waals surface area contributed by atoms with E-state index in [1.807, 2.05) is 62.5 Å². The highest BCUT2D eigenvalue weighted by atomic mass is 16.2. The molecule has 3 aromatic rings. The molecule has 0 radical (unpaired) electrons. The number of rotatable bonds is 5. The average molecular weight is 319 g/mol. The minimum Gasteiger partial charge on any atom is -0.341 e. The van der Waals surface area contributed by atoms with Gasteiger partial charge in [0.05, 0.1) is 23.1 Å². The zero-order chi connectivity index (χ0) is 16.9. The van der Waals surface area contributed by atoms with Crippen LogP contribution in [0.5, 0.6) is 0 Å². The molecule has 0 fully saturated rings. The summed E-state index contributed by atoms with van der Waals surface area (Å²) in [6, 6.07) is 20.0. The van der Waals surface area contributed by atoms with Gasteiger partial charge in [0.1, 0.15) is 0 Å². The predicted octanol–water partition coefficient (Wildman–Crippen LogP) is 3.50. The summed E-state index contributed by atoms with van der Waals surface area (Å²) < 4.78 is 1.80. The molecule has 4 heteroatoms. The molecule has 3 rings (SSSR count). The van der Waals surface area contributed by atoms with Crippen LogP contribution in [0.25, 0.3) is 5.69 Å². The molecule has 1 aromatic heterocycles. The zero-order valence-corrected chi connectivity index (χ0v) is 14.0. The first-order chi connectivity index (χ1) is 11.7. The summed E-state index contributed by atoms with van der Waals surface area (Å²) in [5, 5.41) is 4.38. The number of benzene rings is 2. The summed E-state index contributed by atoms with van der Waals surface area (Å²) in [6.45, 7) is 2.61. The van der Waals surface area contributed by atoms with Crippen molar-refractivity contribution in [3.63, 3.8) is 0 Å². The van der Waals surface area contributed by atoms with Crippen molar-refractivity contribution in [1.82, 2.24) is 14.7 Å². The van der Waals surface area contributed by atoms with Crippen LogP contribution in [0.1, 0.15) is 21.6 Å². The molecule has 0 spiro atoms. The number of likely N-dealkylation sites (N-methyl/N-ethyl adjacent to an activating group) is 1. The van der Waals surface area contributed by atoms with Gasteiger partial charge in [-0.2, -0.15) is 5.10 Å². The van der Waals surface area contributed by atoms with Crippen LogP contribution in [0.15, 0.2) is 66.9 Å². The number of nitrogens with zero attached hydrogens (tertiary/aromatic N) is 3. The fourth-order valence-corrected chi connectivity index (χ4v) is 2.70. The highest BCUT2D eigenvalue weighted by Crippen LogP contribution is 2.15. The van der Waals surface area contributed by atoms with Crippen molar-refractivity contribution >= 4 is 5.91 Å². The first-order valence-corrected chi connectivity index (χ1v) is 8.06. The van der Waals surface area contributed by atoms with Gasteiger partial charge in [-0.15, -0.1) is 0 Å². The Bertz CT molecular complexity index is 809. The molecule has 1 amide bonds. The van der Waals surface area contributed by atoms with Gasteiger partial charge in [0.15, 0.2) is 0 Å². The molecule has 0 unspecified atom stereocenters. The Labute approximate surface area is 142 Å². The smallest absolute Gasteiger partial charge is 0.257 e. The van der Waals surface area contributed by atoms with Crippen LogP contribution in [0.2, 0.25) is 0 Å². The number of aromatic nitrogens is 2. The quantitative estimate of drug-likeness (QED) is 0.722. The molecule has 0 saturated carbocycles. The molecular formula is C20H21N3O. The molecule has 24 heavy (non-hydrogen) atoms. The van der Waals surface area contributed by atoms with Gasteiger partial charge in [-0.25, -0.2) is 4.68 Å². The highest BCUT2D eigenvalue weighted by Gasteiger charge is 2.18. The predicted molar refractivity (Wildman–Crippen MR) is 95.4 cm³/mol. The van der Waals surface area contributed by atoms with Crippen molar-refractivity contribution in [3.8, 4) is 5.69 Å². The Morgan fingerprint density at radius 2 is 1.67 bits per heavy atom. The van der Waals surface area contributed by atoms with Gasteiger partial charge in [-0.05, 0) is 31.0 Å². The molecule has 0 aliphatic heterocycles. The van der Waals surface area contributed by atoms with Crippen molar-refractivity contribution in [2.75, 3.05) is 13.6 Å². The lowest BCUT2D eigenvalue weighted by molar-refractivity contribution is 0.0796. The Morgan fingerprint density at radius 1 is 1.04 bits per heavy atom. The van der Waals surface area contributed by atoms with E-state index in [1.165, 1.54) is 5.56 Å². The van der Waals surface area contributed by atoms with E-state index in [1.54, 1.807) is 15.8 Å². The molecule has 122 valence electrons. The Kier molecular flexibility index (Phi) is 4.75. The van der Waals surface area contributed by atoms with Gasteiger partial charge in [-0.1, -0.05) is 48.5 Å². The molecule has 0 N–H and O–H groups in total. The Hall–Kier alpha value is -2.88. The number of carbonyl (C=O) groups is 1. The first kappa shape index (κ1) is 16.0. The SMILES string of the molecule is Cc1c(C(=O)N(C)CCc2ccccc2)cnn1-c1ccccc1.